The van der Waals surface area contributed by atoms with E-state index in [0.29, 0.717) is 5.84 Å². The van der Waals surface area contributed by atoms with Crippen molar-refractivity contribution >= 4 is 44.7 Å². The molecule has 5 nitrogen and oxygen atoms in total. The maximum atomic E-state index is 10.0. The summed E-state index contributed by atoms with van der Waals surface area (Å²) in [7, 11) is 0. The van der Waals surface area contributed by atoms with Gasteiger partial charge in [-0.05, 0) is 54.0 Å². The summed E-state index contributed by atoms with van der Waals surface area (Å²) >= 11 is 0. The molecule has 1 N–H and O–H groups in total. The van der Waals surface area contributed by atoms with Crippen molar-refractivity contribution in [2.24, 2.45) is 4.99 Å². The summed E-state index contributed by atoms with van der Waals surface area (Å²) in [5.41, 5.74) is 3.67. The molecule has 0 unspecified atom stereocenters. The number of amidine groups is 1. The molecule has 0 atom stereocenters. The third-order valence-corrected chi connectivity index (χ3v) is 4.55. The molecule has 0 bridgehead atoms. The van der Waals surface area contributed by atoms with Crippen LogP contribution in [-0.4, -0.2) is 21.7 Å². The van der Waals surface area contributed by atoms with Gasteiger partial charge in [0.05, 0.1) is 17.0 Å². The van der Waals surface area contributed by atoms with Gasteiger partial charge in [-0.15, -0.1) is 0 Å². The summed E-state index contributed by atoms with van der Waals surface area (Å²) in [5.74, 6) is 0.606. The standard InChI is InChI=1S/C20H12N3.C5H8O2.Ir/c1-2-8-15-13(5-1)11-12-18(21-15)20-22-16-9-3-6-14-7-4-10-17(23-20)19(14)16;1-4(6)3-5(2)7;/h1-12H;3,6H,1-2H3;/q-1;;/b;4-3-;. The number of rotatable bonds is 2. The first-order chi connectivity index (χ1) is 14.5. The van der Waals surface area contributed by atoms with Crippen LogP contribution >= 0.6 is 0 Å². The van der Waals surface area contributed by atoms with E-state index in [0.717, 1.165) is 38.7 Å². The number of aliphatic hydroxyl groups is 1. The van der Waals surface area contributed by atoms with Gasteiger partial charge in [0.1, 0.15) is 0 Å². The van der Waals surface area contributed by atoms with Crippen LogP contribution in [0.25, 0.3) is 27.0 Å². The van der Waals surface area contributed by atoms with E-state index in [1.807, 2.05) is 48.5 Å². The van der Waals surface area contributed by atoms with Gasteiger partial charge in [-0.1, -0.05) is 60.7 Å². The average molecular weight is 587 g/mol. The van der Waals surface area contributed by atoms with E-state index in [1.165, 1.54) is 19.9 Å². The molecule has 0 amide bonds. The Kier molecular flexibility index (Phi) is 6.95. The number of allylic oxidation sites excluding steroid dienone is 2. The second-order valence-electron chi connectivity index (χ2n) is 6.99. The Morgan fingerprint density at radius 1 is 0.903 bits per heavy atom. The molecule has 0 saturated heterocycles. The number of pyridine rings is 1. The van der Waals surface area contributed by atoms with Crippen molar-refractivity contribution in [3.63, 3.8) is 0 Å². The van der Waals surface area contributed by atoms with E-state index in [9.17, 15) is 4.79 Å². The zero-order chi connectivity index (χ0) is 21.1. The van der Waals surface area contributed by atoms with E-state index < -0.39 is 0 Å². The van der Waals surface area contributed by atoms with Gasteiger partial charge in [-0.2, -0.15) is 0 Å². The molecule has 2 heterocycles. The van der Waals surface area contributed by atoms with Gasteiger partial charge >= 0.3 is 0 Å². The number of aromatic nitrogens is 1. The number of carbonyl (C=O) groups is 1. The van der Waals surface area contributed by atoms with Gasteiger partial charge < -0.3 is 15.4 Å². The number of ketones is 1. The number of hydrogen-bond donors (Lipinski definition) is 1. The molecule has 1 aliphatic rings. The monoisotopic (exact) mass is 587 g/mol. The Hall–Kier alpha value is -3.34. The topological polar surface area (TPSA) is 76.7 Å². The number of aliphatic hydroxyl groups excluding tert-OH is 1. The fourth-order valence-electron chi connectivity index (χ4n) is 3.34. The summed E-state index contributed by atoms with van der Waals surface area (Å²) in [6, 6.07) is 24.4. The molecule has 1 aliphatic heterocycles. The molecule has 0 saturated carbocycles. The van der Waals surface area contributed by atoms with E-state index in [-0.39, 0.29) is 31.6 Å². The minimum absolute atomic E-state index is 0. The zero-order valence-corrected chi connectivity index (χ0v) is 19.4. The van der Waals surface area contributed by atoms with Gasteiger partial charge in [0.25, 0.3) is 0 Å². The Balaban J connectivity index is 0.000000299. The number of aliphatic imine (C=N–C) groups is 1. The van der Waals surface area contributed by atoms with Gasteiger partial charge in [0.2, 0.25) is 0 Å². The molecule has 3 aromatic carbocycles. The van der Waals surface area contributed by atoms with Crippen molar-refractivity contribution in [2.75, 3.05) is 0 Å². The second kappa shape index (κ2) is 9.65. The first kappa shape index (κ1) is 22.3. The van der Waals surface area contributed by atoms with Crippen LogP contribution in [-0.2, 0) is 24.9 Å². The molecular formula is C25H20IrN3O2-. The van der Waals surface area contributed by atoms with Gasteiger partial charge in [-0.3, -0.25) is 4.79 Å². The van der Waals surface area contributed by atoms with Crippen LogP contribution in [0.2, 0.25) is 0 Å². The third kappa shape index (κ3) is 5.05. The number of para-hydroxylation sites is 1. The van der Waals surface area contributed by atoms with Crippen LogP contribution in [0.1, 0.15) is 19.5 Å². The molecule has 5 rings (SSSR count). The molecule has 157 valence electrons. The molecule has 1 aromatic heterocycles. The van der Waals surface area contributed by atoms with Crippen molar-refractivity contribution in [3.05, 3.63) is 95.6 Å². The van der Waals surface area contributed by atoms with E-state index in [1.54, 1.807) is 0 Å². The molecule has 4 aromatic rings. The van der Waals surface area contributed by atoms with Crippen LogP contribution in [0, 0.1) is 0 Å². The van der Waals surface area contributed by atoms with Crippen molar-refractivity contribution in [2.45, 2.75) is 13.8 Å². The molecule has 0 aliphatic carbocycles. The van der Waals surface area contributed by atoms with Crippen LogP contribution in [0.5, 0.6) is 0 Å². The minimum Gasteiger partial charge on any atom is -0.512 e. The summed E-state index contributed by atoms with van der Waals surface area (Å²) in [6.07, 6.45) is 1.17. The number of nitrogens with zero attached hydrogens (tertiary/aromatic N) is 3. The van der Waals surface area contributed by atoms with E-state index in [2.05, 4.69) is 24.3 Å². The molecular weight excluding hydrogens is 567 g/mol. The van der Waals surface area contributed by atoms with Crippen molar-refractivity contribution < 1.29 is 30.0 Å². The SMILES string of the molecule is CC(=O)/C=C(/C)O.[Ir].c1ccc2nc(C3=Nc4cccc5cccc(c45)[N-]3)ccc2c1. The van der Waals surface area contributed by atoms with Gasteiger partial charge in [0, 0.05) is 31.6 Å². The minimum atomic E-state index is -0.125. The number of benzene rings is 3. The summed E-state index contributed by atoms with van der Waals surface area (Å²) in [6.45, 7) is 2.85. The quantitative estimate of drug-likeness (QED) is 0.215. The largest absolute Gasteiger partial charge is 0.512 e. The summed E-state index contributed by atoms with van der Waals surface area (Å²) in [5, 5.41) is 16.5. The Morgan fingerprint density at radius 3 is 2.32 bits per heavy atom. The predicted molar refractivity (Wildman–Crippen MR) is 122 cm³/mol. The van der Waals surface area contributed by atoms with E-state index in [4.69, 9.17) is 20.4 Å². The smallest absolute Gasteiger partial charge is 0.155 e. The Morgan fingerprint density at radius 2 is 1.61 bits per heavy atom. The number of carbonyl (C=O) groups excluding carboxylic acids is 1. The van der Waals surface area contributed by atoms with E-state index >= 15 is 0 Å². The van der Waals surface area contributed by atoms with Crippen molar-refractivity contribution in [3.8, 4) is 0 Å². The van der Waals surface area contributed by atoms with Crippen molar-refractivity contribution in [1.82, 2.24) is 4.98 Å². The molecule has 1 radical (unpaired) electrons. The first-order valence-electron chi connectivity index (χ1n) is 9.57. The maximum absolute atomic E-state index is 10.0. The maximum Gasteiger partial charge on any atom is 0.155 e. The Bertz CT molecular complexity index is 1320. The van der Waals surface area contributed by atoms with Gasteiger partial charge in [-0.25, -0.2) is 4.98 Å². The van der Waals surface area contributed by atoms with Crippen LogP contribution in [0.4, 0.5) is 11.4 Å². The van der Waals surface area contributed by atoms with Crippen LogP contribution in [0.3, 0.4) is 0 Å². The summed E-state index contributed by atoms with van der Waals surface area (Å²) < 4.78 is 0. The van der Waals surface area contributed by atoms with Crippen LogP contribution < -0.4 is 0 Å². The normalized spacial score (nSPS) is 12.2. The third-order valence-electron chi connectivity index (χ3n) is 4.55. The molecule has 31 heavy (non-hydrogen) atoms. The predicted octanol–water partition coefficient (Wildman–Crippen LogP) is 6.52. The Labute approximate surface area is 193 Å². The molecule has 6 heteroatoms. The molecule has 0 spiro atoms. The number of hydrogen-bond acceptors (Lipinski definition) is 4. The van der Waals surface area contributed by atoms with Crippen molar-refractivity contribution in [1.29, 1.82) is 0 Å². The van der Waals surface area contributed by atoms with Crippen LogP contribution in [0.15, 0.2) is 89.6 Å². The average Bonchev–Trinajstić information content (AvgIpc) is 2.73. The molecule has 0 fully saturated rings. The number of fused-ring (bicyclic) bond motifs is 1. The zero-order valence-electron chi connectivity index (χ0n) is 17.0. The fourth-order valence-corrected chi connectivity index (χ4v) is 3.34. The second-order valence-corrected chi connectivity index (χ2v) is 6.99. The van der Waals surface area contributed by atoms with Gasteiger partial charge in [0.15, 0.2) is 5.78 Å². The first-order valence-corrected chi connectivity index (χ1v) is 9.57. The summed E-state index contributed by atoms with van der Waals surface area (Å²) in [4.78, 5) is 19.5. The fraction of sp³-hybridized carbons (Fsp3) is 0.0800.